The Balaban J connectivity index is 1.55. The summed E-state index contributed by atoms with van der Waals surface area (Å²) in [5.74, 6) is -0.282. The van der Waals surface area contributed by atoms with Crippen LogP contribution in [0, 0.1) is 6.92 Å². The number of aromatic nitrogens is 1. The highest BCUT2D eigenvalue weighted by molar-refractivity contribution is 7.89. The third-order valence-corrected chi connectivity index (χ3v) is 7.90. The van der Waals surface area contributed by atoms with Crippen molar-refractivity contribution in [3.63, 3.8) is 0 Å². The lowest BCUT2D eigenvalue weighted by molar-refractivity contribution is 0.0730. The molecule has 1 N–H and O–H groups in total. The first kappa shape index (κ1) is 20.8. The molecule has 158 valence electrons. The fourth-order valence-electron chi connectivity index (χ4n) is 3.41. The van der Waals surface area contributed by atoms with Crippen molar-refractivity contribution in [3.8, 4) is 0 Å². The van der Waals surface area contributed by atoms with Crippen LogP contribution in [0.15, 0.2) is 58.9 Å². The molecule has 0 saturated carbocycles. The molecule has 7 nitrogen and oxygen atoms in total. The lowest BCUT2D eigenvalue weighted by Crippen LogP contribution is -2.40. The van der Waals surface area contributed by atoms with Crippen LogP contribution in [-0.4, -0.2) is 49.5 Å². The Labute approximate surface area is 179 Å². The number of hydrogen-bond donors (Lipinski definition) is 1. The first-order valence-corrected chi connectivity index (χ1v) is 11.9. The molecule has 1 fully saturated rings. The van der Waals surface area contributed by atoms with Crippen LogP contribution in [0.1, 0.15) is 20.9 Å². The van der Waals surface area contributed by atoms with Crippen molar-refractivity contribution in [2.24, 2.45) is 0 Å². The Bertz CT molecular complexity index is 1130. The number of hydrogen-bond acceptors (Lipinski definition) is 5. The number of morpholine rings is 1. The second kappa shape index (κ2) is 8.73. The minimum atomic E-state index is -3.65. The van der Waals surface area contributed by atoms with Gasteiger partial charge in [0, 0.05) is 29.9 Å². The van der Waals surface area contributed by atoms with Gasteiger partial charge in [0.25, 0.3) is 5.91 Å². The highest BCUT2D eigenvalue weighted by Gasteiger charge is 2.28. The molecule has 1 aliphatic heterocycles. The molecule has 0 radical (unpaired) electrons. The standard InChI is InChI=1S/C21H23N3O4S2/c1-16-6-7-17(14-20(16)30(26,27)24-9-11-28-12-10-24)22-21(25)19-5-2-8-23(19)15-18-4-3-13-29-18/h2-8,13-14H,9-12,15H2,1H3,(H,22,25). The van der Waals surface area contributed by atoms with Crippen LogP contribution in [0.4, 0.5) is 5.69 Å². The Hall–Kier alpha value is -2.46. The fourth-order valence-corrected chi connectivity index (χ4v) is 5.77. The molecule has 0 aliphatic carbocycles. The number of anilines is 1. The molecule has 0 spiro atoms. The topological polar surface area (TPSA) is 80.6 Å². The van der Waals surface area contributed by atoms with Gasteiger partial charge in [-0.3, -0.25) is 4.79 Å². The maximum atomic E-state index is 13.1. The van der Waals surface area contributed by atoms with Gasteiger partial charge < -0.3 is 14.6 Å². The van der Waals surface area contributed by atoms with Gasteiger partial charge in [-0.15, -0.1) is 11.3 Å². The van der Waals surface area contributed by atoms with Crippen LogP contribution in [0.3, 0.4) is 0 Å². The number of nitrogens with zero attached hydrogens (tertiary/aromatic N) is 2. The Kier molecular flexibility index (Phi) is 6.05. The van der Waals surface area contributed by atoms with E-state index >= 15 is 0 Å². The third-order valence-electron chi connectivity index (χ3n) is 5.00. The summed E-state index contributed by atoms with van der Waals surface area (Å²) in [5.41, 5.74) is 1.60. The number of amides is 1. The van der Waals surface area contributed by atoms with Gasteiger partial charge in [0.2, 0.25) is 10.0 Å². The number of carbonyl (C=O) groups excluding carboxylic acids is 1. The molecule has 1 aromatic carbocycles. The van der Waals surface area contributed by atoms with Crippen LogP contribution >= 0.6 is 11.3 Å². The van der Waals surface area contributed by atoms with Crippen LogP contribution in [-0.2, 0) is 21.3 Å². The van der Waals surface area contributed by atoms with Gasteiger partial charge in [0.1, 0.15) is 5.69 Å². The minimum Gasteiger partial charge on any atom is -0.379 e. The van der Waals surface area contributed by atoms with Crippen LogP contribution < -0.4 is 5.32 Å². The maximum Gasteiger partial charge on any atom is 0.272 e. The lowest BCUT2D eigenvalue weighted by Gasteiger charge is -2.26. The molecule has 3 heterocycles. The van der Waals surface area contributed by atoms with Gasteiger partial charge in [-0.2, -0.15) is 4.31 Å². The summed E-state index contributed by atoms with van der Waals surface area (Å²) in [5, 5.41) is 4.84. The molecule has 4 rings (SSSR count). The molecule has 9 heteroatoms. The second-order valence-corrected chi connectivity index (χ2v) is 9.99. The van der Waals surface area contributed by atoms with Crippen molar-refractivity contribution >= 4 is 33.0 Å². The summed E-state index contributed by atoms with van der Waals surface area (Å²) in [6.07, 6.45) is 1.86. The molecular formula is C21H23N3O4S2. The van der Waals surface area contributed by atoms with Gasteiger partial charge in [-0.1, -0.05) is 12.1 Å². The average molecular weight is 446 g/mol. The molecule has 1 amide bonds. The normalized spacial score (nSPS) is 15.2. The van der Waals surface area contributed by atoms with E-state index < -0.39 is 10.0 Å². The maximum absolute atomic E-state index is 13.1. The van der Waals surface area contributed by atoms with Crippen LogP contribution in [0.25, 0.3) is 0 Å². The molecular weight excluding hydrogens is 422 g/mol. The zero-order chi connectivity index (χ0) is 21.1. The van der Waals surface area contributed by atoms with E-state index in [0.717, 1.165) is 4.88 Å². The van der Waals surface area contributed by atoms with Crippen LogP contribution in [0.2, 0.25) is 0 Å². The van der Waals surface area contributed by atoms with Crippen molar-refractivity contribution < 1.29 is 17.9 Å². The van der Waals surface area contributed by atoms with E-state index in [4.69, 9.17) is 4.74 Å². The number of nitrogens with one attached hydrogen (secondary N) is 1. The Morgan fingerprint density at radius 1 is 1.17 bits per heavy atom. The molecule has 1 aliphatic rings. The van der Waals surface area contributed by atoms with E-state index in [2.05, 4.69) is 5.32 Å². The highest BCUT2D eigenvalue weighted by Crippen LogP contribution is 2.25. The van der Waals surface area contributed by atoms with Crippen LogP contribution in [0.5, 0.6) is 0 Å². The van der Waals surface area contributed by atoms with E-state index in [1.165, 1.54) is 10.4 Å². The van der Waals surface area contributed by atoms with Crippen molar-refractivity contribution in [1.82, 2.24) is 8.87 Å². The average Bonchev–Trinajstić information content (AvgIpc) is 3.42. The van der Waals surface area contributed by atoms with Crippen molar-refractivity contribution in [1.29, 1.82) is 0 Å². The van der Waals surface area contributed by atoms with E-state index in [0.29, 0.717) is 49.8 Å². The second-order valence-electron chi connectivity index (χ2n) is 7.05. The molecule has 0 unspecified atom stereocenters. The van der Waals surface area contributed by atoms with Crippen molar-refractivity contribution in [3.05, 3.63) is 70.2 Å². The van der Waals surface area contributed by atoms with E-state index in [1.807, 2.05) is 34.3 Å². The first-order valence-electron chi connectivity index (χ1n) is 9.62. The monoisotopic (exact) mass is 445 g/mol. The number of sulfonamides is 1. The zero-order valence-corrected chi connectivity index (χ0v) is 18.2. The molecule has 0 bridgehead atoms. The number of rotatable bonds is 6. The van der Waals surface area contributed by atoms with Gasteiger partial charge in [0.05, 0.1) is 24.7 Å². The van der Waals surface area contributed by atoms with Gasteiger partial charge in [-0.25, -0.2) is 8.42 Å². The van der Waals surface area contributed by atoms with E-state index in [-0.39, 0.29) is 10.8 Å². The zero-order valence-electron chi connectivity index (χ0n) is 16.6. The summed E-state index contributed by atoms with van der Waals surface area (Å²) in [7, 11) is -3.65. The summed E-state index contributed by atoms with van der Waals surface area (Å²) < 4.78 is 34.7. The van der Waals surface area contributed by atoms with E-state index in [1.54, 1.807) is 36.5 Å². The minimum absolute atomic E-state index is 0.205. The van der Waals surface area contributed by atoms with Crippen molar-refractivity contribution in [2.75, 3.05) is 31.6 Å². The number of thiophene rings is 1. The largest absolute Gasteiger partial charge is 0.379 e. The smallest absolute Gasteiger partial charge is 0.272 e. The highest BCUT2D eigenvalue weighted by atomic mass is 32.2. The van der Waals surface area contributed by atoms with Crippen molar-refractivity contribution in [2.45, 2.75) is 18.4 Å². The fraction of sp³-hybridized carbons (Fsp3) is 0.286. The van der Waals surface area contributed by atoms with Gasteiger partial charge >= 0.3 is 0 Å². The lowest BCUT2D eigenvalue weighted by atomic mass is 10.2. The summed E-state index contributed by atoms with van der Waals surface area (Å²) in [4.78, 5) is 14.2. The molecule has 3 aromatic rings. The first-order chi connectivity index (χ1) is 14.4. The number of ether oxygens (including phenoxy) is 1. The number of benzene rings is 1. The van der Waals surface area contributed by atoms with Gasteiger partial charge in [0.15, 0.2) is 0 Å². The number of aryl methyl sites for hydroxylation is 1. The Morgan fingerprint density at radius 3 is 2.70 bits per heavy atom. The summed E-state index contributed by atoms with van der Waals surface area (Å²) in [6.45, 7) is 3.79. The van der Waals surface area contributed by atoms with Gasteiger partial charge in [-0.05, 0) is 48.2 Å². The predicted molar refractivity (Wildman–Crippen MR) is 117 cm³/mol. The third kappa shape index (κ3) is 4.34. The quantitative estimate of drug-likeness (QED) is 0.632. The predicted octanol–water partition coefficient (Wildman–Crippen LogP) is 3.18. The molecule has 2 aromatic heterocycles. The van der Waals surface area contributed by atoms with E-state index in [9.17, 15) is 13.2 Å². The Morgan fingerprint density at radius 2 is 1.97 bits per heavy atom. The number of carbonyl (C=O) groups is 1. The molecule has 30 heavy (non-hydrogen) atoms. The SMILES string of the molecule is Cc1ccc(NC(=O)c2cccn2Cc2cccs2)cc1S(=O)(=O)N1CCOCC1. The summed E-state index contributed by atoms with van der Waals surface area (Å²) in [6, 6.07) is 12.5. The molecule has 0 atom stereocenters. The molecule has 1 saturated heterocycles. The summed E-state index contributed by atoms with van der Waals surface area (Å²) >= 11 is 1.63.